The minimum atomic E-state index is 0. The summed E-state index contributed by atoms with van der Waals surface area (Å²) in [4.78, 5) is 18.1. The molecule has 0 spiro atoms. The average Bonchev–Trinajstić information content (AvgIpc) is 3.18. The van der Waals surface area contributed by atoms with Crippen LogP contribution in [0.25, 0.3) is 0 Å². The fraction of sp³-hybridized carbons (Fsp3) is 0.529. The largest absolute Gasteiger partial charge is 0.370 e. The lowest BCUT2D eigenvalue weighted by atomic mass is 10.1. The fourth-order valence-electron chi connectivity index (χ4n) is 3.23. The van der Waals surface area contributed by atoms with E-state index in [4.69, 9.17) is 5.73 Å². The number of guanidine groups is 1. The predicted octanol–water partition coefficient (Wildman–Crippen LogP) is 2.53. The lowest BCUT2D eigenvalue weighted by Crippen LogP contribution is -2.28. The van der Waals surface area contributed by atoms with Crippen LogP contribution in [0.2, 0.25) is 0 Å². The van der Waals surface area contributed by atoms with Gasteiger partial charge in [0.1, 0.15) is 0 Å². The van der Waals surface area contributed by atoms with Crippen LogP contribution in [0.4, 0.5) is 5.69 Å². The number of amides is 1. The summed E-state index contributed by atoms with van der Waals surface area (Å²) in [7, 11) is 0. The van der Waals surface area contributed by atoms with E-state index in [-0.39, 0.29) is 29.9 Å². The first kappa shape index (κ1) is 18.0. The number of anilines is 1. The Morgan fingerprint density at radius 1 is 1.17 bits per heavy atom. The Bertz CT molecular complexity index is 582. The Kier molecular flexibility index (Phi) is 6.68. The van der Waals surface area contributed by atoms with E-state index in [2.05, 4.69) is 22.4 Å². The van der Waals surface area contributed by atoms with Gasteiger partial charge < -0.3 is 16.0 Å². The minimum absolute atomic E-state index is 0. The molecule has 5 nitrogen and oxygen atoms in total. The molecule has 1 heterocycles. The molecular formula is C17H25IN4O. The van der Waals surface area contributed by atoms with Gasteiger partial charge in [-0.3, -0.25) is 9.79 Å². The number of carbonyl (C=O) groups is 1. The van der Waals surface area contributed by atoms with Gasteiger partial charge in [0, 0.05) is 25.2 Å². The van der Waals surface area contributed by atoms with Gasteiger partial charge in [-0.25, -0.2) is 0 Å². The van der Waals surface area contributed by atoms with Gasteiger partial charge in [0.15, 0.2) is 5.96 Å². The Morgan fingerprint density at radius 3 is 2.70 bits per heavy atom. The Morgan fingerprint density at radius 2 is 1.91 bits per heavy atom. The fourth-order valence-corrected chi connectivity index (χ4v) is 3.23. The summed E-state index contributed by atoms with van der Waals surface area (Å²) in [5, 5.41) is 3.12. The van der Waals surface area contributed by atoms with Crippen molar-refractivity contribution in [3.63, 3.8) is 0 Å². The first-order valence-electron chi connectivity index (χ1n) is 8.19. The van der Waals surface area contributed by atoms with E-state index in [0.29, 0.717) is 18.9 Å². The number of aliphatic imine (C=N–C) groups is 1. The molecule has 1 aliphatic heterocycles. The van der Waals surface area contributed by atoms with Crippen molar-refractivity contribution in [3.05, 3.63) is 29.3 Å². The zero-order valence-corrected chi connectivity index (χ0v) is 15.7. The number of halogens is 1. The maximum atomic E-state index is 11.9. The van der Waals surface area contributed by atoms with Gasteiger partial charge in [0.05, 0.1) is 6.54 Å². The summed E-state index contributed by atoms with van der Waals surface area (Å²) < 4.78 is 0. The smallest absolute Gasteiger partial charge is 0.224 e. The molecule has 3 rings (SSSR count). The number of rotatable bonds is 4. The van der Waals surface area contributed by atoms with Crippen LogP contribution in [0.15, 0.2) is 23.2 Å². The molecule has 1 aromatic rings. The second kappa shape index (κ2) is 8.52. The van der Waals surface area contributed by atoms with Crippen LogP contribution < -0.4 is 11.1 Å². The summed E-state index contributed by atoms with van der Waals surface area (Å²) in [6, 6.07) is 6.36. The van der Waals surface area contributed by atoms with Crippen molar-refractivity contribution in [2.24, 2.45) is 10.7 Å². The summed E-state index contributed by atoms with van der Waals surface area (Å²) in [6.45, 7) is 2.23. The zero-order valence-electron chi connectivity index (χ0n) is 13.4. The number of carbonyl (C=O) groups excluding carboxylic acids is 1. The summed E-state index contributed by atoms with van der Waals surface area (Å²) in [5.41, 5.74) is 9.73. The number of nitrogens with one attached hydrogen (secondary N) is 1. The topological polar surface area (TPSA) is 70.7 Å². The molecule has 0 saturated carbocycles. The van der Waals surface area contributed by atoms with E-state index in [1.807, 2.05) is 11.0 Å². The maximum Gasteiger partial charge on any atom is 0.224 e. The highest BCUT2D eigenvalue weighted by molar-refractivity contribution is 14.0. The van der Waals surface area contributed by atoms with Crippen molar-refractivity contribution >= 4 is 41.5 Å². The number of likely N-dealkylation sites (tertiary alicyclic amines) is 1. The van der Waals surface area contributed by atoms with Crippen LogP contribution in [0, 0.1) is 0 Å². The first-order chi connectivity index (χ1) is 10.7. The molecule has 0 aromatic heterocycles. The van der Waals surface area contributed by atoms with Crippen LogP contribution >= 0.6 is 24.0 Å². The number of benzene rings is 1. The van der Waals surface area contributed by atoms with Gasteiger partial charge in [0.2, 0.25) is 5.91 Å². The van der Waals surface area contributed by atoms with E-state index in [0.717, 1.165) is 38.0 Å². The second-order valence-corrected chi connectivity index (χ2v) is 6.07. The molecule has 0 atom stereocenters. The molecule has 1 saturated heterocycles. The highest BCUT2D eigenvalue weighted by atomic mass is 127. The third-order valence-electron chi connectivity index (χ3n) is 4.44. The number of nitrogens with zero attached hydrogens (tertiary/aromatic N) is 2. The van der Waals surface area contributed by atoms with Crippen LogP contribution in [0.5, 0.6) is 0 Å². The molecule has 2 aliphatic rings. The second-order valence-electron chi connectivity index (χ2n) is 6.07. The van der Waals surface area contributed by atoms with Crippen molar-refractivity contribution in [3.8, 4) is 0 Å². The Hall–Kier alpha value is -1.31. The molecule has 1 fully saturated rings. The predicted molar refractivity (Wildman–Crippen MR) is 104 cm³/mol. The molecule has 0 bridgehead atoms. The van der Waals surface area contributed by atoms with Gasteiger partial charge in [0.25, 0.3) is 0 Å². The molecule has 126 valence electrons. The van der Waals surface area contributed by atoms with Gasteiger partial charge in [-0.1, -0.05) is 6.07 Å². The normalized spacial score (nSPS) is 16.9. The SMILES string of the molecule is I.NC(=NCCC(=O)N1CCCC1)Nc1ccc2c(c1)CCC2. The summed E-state index contributed by atoms with van der Waals surface area (Å²) >= 11 is 0. The molecule has 0 radical (unpaired) electrons. The maximum absolute atomic E-state index is 11.9. The lowest BCUT2D eigenvalue weighted by Gasteiger charge is -2.14. The van der Waals surface area contributed by atoms with Crippen molar-refractivity contribution < 1.29 is 4.79 Å². The van der Waals surface area contributed by atoms with Gasteiger partial charge in [-0.15, -0.1) is 24.0 Å². The summed E-state index contributed by atoms with van der Waals surface area (Å²) in [6.07, 6.45) is 6.24. The highest BCUT2D eigenvalue weighted by Gasteiger charge is 2.17. The molecule has 3 N–H and O–H groups in total. The van der Waals surface area contributed by atoms with Crippen LogP contribution in [-0.2, 0) is 17.6 Å². The molecular weight excluding hydrogens is 403 g/mol. The number of aryl methyl sites for hydroxylation is 2. The number of hydrogen-bond donors (Lipinski definition) is 2. The van der Waals surface area contributed by atoms with E-state index < -0.39 is 0 Å². The number of hydrogen-bond acceptors (Lipinski definition) is 2. The quantitative estimate of drug-likeness (QED) is 0.440. The van der Waals surface area contributed by atoms with Crippen molar-refractivity contribution in [2.45, 2.75) is 38.5 Å². The molecule has 1 aromatic carbocycles. The van der Waals surface area contributed by atoms with E-state index in [1.54, 1.807) is 0 Å². The third-order valence-corrected chi connectivity index (χ3v) is 4.44. The van der Waals surface area contributed by atoms with E-state index in [9.17, 15) is 4.79 Å². The minimum Gasteiger partial charge on any atom is -0.370 e. The van der Waals surface area contributed by atoms with Crippen LogP contribution in [0.3, 0.4) is 0 Å². The average molecular weight is 428 g/mol. The number of nitrogens with two attached hydrogens (primary N) is 1. The Balaban J connectivity index is 0.00000192. The molecule has 0 unspecified atom stereocenters. The monoisotopic (exact) mass is 428 g/mol. The van der Waals surface area contributed by atoms with E-state index >= 15 is 0 Å². The highest BCUT2D eigenvalue weighted by Crippen LogP contribution is 2.24. The van der Waals surface area contributed by atoms with Crippen molar-refractivity contribution in [1.82, 2.24) is 4.90 Å². The van der Waals surface area contributed by atoms with Crippen molar-refractivity contribution in [1.29, 1.82) is 0 Å². The zero-order chi connectivity index (χ0) is 15.4. The molecule has 1 amide bonds. The summed E-state index contributed by atoms with van der Waals surface area (Å²) in [5.74, 6) is 0.568. The van der Waals surface area contributed by atoms with Gasteiger partial charge >= 0.3 is 0 Å². The first-order valence-corrected chi connectivity index (χ1v) is 8.19. The number of fused-ring (bicyclic) bond motifs is 1. The molecule has 1 aliphatic carbocycles. The van der Waals surface area contributed by atoms with Crippen LogP contribution in [-0.4, -0.2) is 36.4 Å². The Labute approximate surface area is 154 Å². The standard InChI is InChI=1S/C17H24N4O.HI/c18-17(19-9-8-16(22)21-10-1-2-11-21)20-15-7-6-13-4-3-5-14(13)12-15;/h6-7,12H,1-5,8-11H2,(H3,18,19,20);1H. The van der Waals surface area contributed by atoms with Gasteiger partial charge in [-0.05, 0) is 55.4 Å². The lowest BCUT2D eigenvalue weighted by molar-refractivity contribution is -0.129. The third kappa shape index (κ3) is 4.83. The van der Waals surface area contributed by atoms with E-state index in [1.165, 1.54) is 24.0 Å². The molecule has 6 heteroatoms. The van der Waals surface area contributed by atoms with Gasteiger partial charge in [-0.2, -0.15) is 0 Å². The van der Waals surface area contributed by atoms with Crippen LogP contribution in [0.1, 0.15) is 36.8 Å². The molecule has 23 heavy (non-hydrogen) atoms. The van der Waals surface area contributed by atoms with Crippen molar-refractivity contribution in [2.75, 3.05) is 25.0 Å².